The first kappa shape index (κ1) is 22.6. The highest BCUT2D eigenvalue weighted by Gasteiger charge is 2.08. The fourth-order valence-electron chi connectivity index (χ4n) is 2.28. The van der Waals surface area contributed by atoms with Crippen molar-refractivity contribution in [1.29, 1.82) is 0 Å². The van der Waals surface area contributed by atoms with E-state index in [1.165, 1.54) is 0 Å². The number of unbranched alkanes of at least 4 members (excludes halogenated alkanes) is 2. The molecular formula is C17H30N6O4. The first-order chi connectivity index (χ1) is 12.9. The zero-order valence-electron chi connectivity index (χ0n) is 15.9. The van der Waals surface area contributed by atoms with E-state index in [4.69, 9.17) is 16.2 Å². The van der Waals surface area contributed by atoms with E-state index in [1.54, 1.807) is 17.8 Å². The van der Waals surface area contributed by atoms with Gasteiger partial charge in [-0.2, -0.15) is 0 Å². The largest absolute Gasteiger partial charge is 0.459 e. The number of aromatic nitrogens is 3. The number of hydrogen-bond donors (Lipinski definition) is 3. The van der Waals surface area contributed by atoms with Crippen molar-refractivity contribution in [2.45, 2.75) is 71.1 Å². The van der Waals surface area contributed by atoms with Gasteiger partial charge in [-0.05, 0) is 32.1 Å². The van der Waals surface area contributed by atoms with E-state index in [0.29, 0.717) is 38.0 Å². The summed E-state index contributed by atoms with van der Waals surface area (Å²) in [7, 11) is 0. The number of nitrogens with zero attached hydrogens (tertiary/aromatic N) is 3. The molecule has 0 spiro atoms. The Labute approximate surface area is 159 Å². The average molecular weight is 382 g/mol. The van der Waals surface area contributed by atoms with Gasteiger partial charge in [-0.15, -0.1) is 5.10 Å². The average Bonchev–Trinajstić information content (AvgIpc) is 3.10. The van der Waals surface area contributed by atoms with Gasteiger partial charge in [0.05, 0.1) is 12.2 Å². The van der Waals surface area contributed by atoms with Gasteiger partial charge in [0, 0.05) is 25.9 Å². The first-order valence-corrected chi connectivity index (χ1v) is 9.28. The lowest BCUT2D eigenvalue weighted by molar-refractivity contribution is -0.144. The minimum atomic E-state index is -0.614. The Morgan fingerprint density at radius 3 is 2.74 bits per heavy atom. The molecule has 0 aliphatic carbocycles. The molecule has 1 heterocycles. The number of esters is 1. The topological polar surface area (TPSA) is 155 Å². The molecule has 1 aromatic rings. The standard InChI is InChI=1S/C17H30N6O4/c1-2-16(25)27-12-13-11-23(22-21-13)10-6-4-8-15(24)20-9-5-3-7-14(18)17(19)26/h11,14H,2-10,12,18H2,1H3,(H2,19,26)(H,20,24)/t14-/m0/s1. The number of aryl methyl sites for hydroxylation is 1. The number of carbonyl (C=O) groups is 3. The number of nitrogens with one attached hydrogen (secondary N) is 1. The third-order valence-electron chi connectivity index (χ3n) is 3.93. The van der Waals surface area contributed by atoms with Gasteiger partial charge in [0.15, 0.2) is 0 Å². The molecule has 10 nitrogen and oxygen atoms in total. The number of primary amides is 1. The summed E-state index contributed by atoms with van der Waals surface area (Å²) in [5, 5.41) is 10.7. The van der Waals surface area contributed by atoms with Crippen LogP contribution in [0.3, 0.4) is 0 Å². The fraction of sp³-hybridized carbons (Fsp3) is 0.706. The quantitative estimate of drug-likeness (QED) is 0.302. The van der Waals surface area contributed by atoms with Crippen LogP contribution in [0.4, 0.5) is 0 Å². The molecule has 1 aromatic heterocycles. The second-order valence-corrected chi connectivity index (χ2v) is 6.30. The van der Waals surface area contributed by atoms with E-state index in [9.17, 15) is 14.4 Å². The van der Waals surface area contributed by atoms with Crippen molar-refractivity contribution in [2.24, 2.45) is 11.5 Å². The molecular weight excluding hydrogens is 352 g/mol. The number of ether oxygens (including phenoxy) is 1. The van der Waals surface area contributed by atoms with Gasteiger partial charge in [0.25, 0.3) is 0 Å². The maximum atomic E-state index is 11.7. The fourth-order valence-corrected chi connectivity index (χ4v) is 2.28. The molecule has 5 N–H and O–H groups in total. The van der Waals surface area contributed by atoms with Crippen molar-refractivity contribution < 1.29 is 19.1 Å². The number of rotatable bonds is 14. The van der Waals surface area contributed by atoms with Crippen LogP contribution < -0.4 is 16.8 Å². The minimum absolute atomic E-state index is 0.0000398. The smallest absolute Gasteiger partial charge is 0.305 e. The van der Waals surface area contributed by atoms with Crippen LogP contribution in [-0.2, 0) is 32.3 Å². The van der Waals surface area contributed by atoms with Crippen molar-refractivity contribution in [3.63, 3.8) is 0 Å². The van der Waals surface area contributed by atoms with Crippen molar-refractivity contribution in [1.82, 2.24) is 20.3 Å². The third-order valence-corrected chi connectivity index (χ3v) is 3.93. The third kappa shape index (κ3) is 10.3. The Morgan fingerprint density at radius 1 is 1.26 bits per heavy atom. The first-order valence-electron chi connectivity index (χ1n) is 9.28. The summed E-state index contributed by atoms with van der Waals surface area (Å²) in [6.07, 6.45) is 6.07. The van der Waals surface area contributed by atoms with Crippen LogP contribution in [0.15, 0.2) is 6.20 Å². The normalized spacial score (nSPS) is 11.8. The predicted octanol–water partition coefficient (Wildman–Crippen LogP) is 0.000700. The highest BCUT2D eigenvalue weighted by molar-refractivity contribution is 5.79. The van der Waals surface area contributed by atoms with Crippen LogP contribution >= 0.6 is 0 Å². The summed E-state index contributed by atoms with van der Waals surface area (Å²) in [5.74, 6) is -0.772. The Kier molecular flexibility index (Phi) is 10.7. The number of amides is 2. The highest BCUT2D eigenvalue weighted by Crippen LogP contribution is 2.02. The molecule has 0 unspecified atom stereocenters. The van der Waals surface area contributed by atoms with Crippen LogP contribution in [0.25, 0.3) is 0 Å². The molecule has 2 amide bonds. The van der Waals surface area contributed by atoms with Crippen LogP contribution in [0.2, 0.25) is 0 Å². The maximum absolute atomic E-state index is 11.7. The molecule has 0 aliphatic heterocycles. The zero-order valence-corrected chi connectivity index (χ0v) is 15.9. The van der Waals surface area contributed by atoms with Crippen molar-refractivity contribution in [2.75, 3.05) is 6.54 Å². The zero-order chi connectivity index (χ0) is 20.1. The van der Waals surface area contributed by atoms with Gasteiger partial charge in [-0.1, -0.05) is 12.1 Å². The van der Waals surface area contributed by atoms with E-state index in [2.05, 4.69) is 15.6 Å². The van der Waals surface area contributed by atoms with Gasteiger partial charge in [0.1, 0.15) is 12.3 Å². The van der Waals surface area contributed by atoms with Crippen molar-refractivity contribution in [3.05, 3.63) is 11.9 Å². The van der Waals surface area contributed by atoms with Gasteiger partial charge in [0.2, 0.25) is 11.8 Å². The highest BCUT2D eigenvalue weighted by atomic mass is 16.5. The molecule has 0 aromatic carbocycles. The van der Waals surface area contributed by atoms with Crippen molar-refractivity contribution >= 4 is 17.8 Å². The van der Waals surface area contributed by atoms with Crippen LogP contribution in [0.5, 0.6) is 0 Å². The summed E-state index contributed by atoms with van der Waals surface area (Å²) >= 11 is 0. The summed E-state index contributed by atoms with van der Waals surface area (Å²) < 4.78 is 6.67. The molecule has 27 heavy (non-hydrogen) atoms. The molecule has 10 heteroatoms. The summed E-state index contributed by atoms with van der Waals surface area (Å²) in [5.41, 5.74) is 11.2. The molecule has 0 radical (unpaired) electrons. The van der Waals surface area contributed by atoms with Crippen LogP contribution in [0, 0.1) is 0 Å². The second kappa shape index (κ2) is 12.8. The summed E-state index contributed by atoms with van der Waals surface area (Å²) in [6, 6.07) is -0.614. The van der Waals surface area contributed by atoms with Gasteiger partial charge in [-0.3, -0.25) is 19.1 Å². The molecule has 152 valence electrons. The molecule has 1 rings (SSSR count). The Hall–Kier alpha value is -2.49. The van der Waals surface area contributed by atoms with Crippen LogP contribution in [-0.4, -0.2) is 45.4 Å². The van der Waals surface area contributed by atoms with Crippen molar-refractivity contribution in [3.8, 4) is 0 Å². The molecule has 0 fully saturated rings. The number of carbonyl (C=O) groups excluding carboxylic acids is 3. The van der Waals surface area contributed by atoms with Gasteiger partial charge in [-0.25, -0.2) is 0 Å². The molecule has 0 saturated heterocycles. The molecule has 0 saturated carbocycles. The van der Waals surface area contributed by atoms with Gasteiger partial charge < -0.3 is 21.5 Å². The number of hydrogen-bond acceptors (Lipinski definition) is 7. The van der Waals surface area contributed by atoms with E-state index >= 15 is 0 Å². The molecule has 1 atom stereocenters. The van der Waals surface area contributed by atoms with E-state index in [1.807, 2.05) is 0 Å². The number of nitrogens with two attached hydrogens (primary N) is 2. The minimum Gasteiger partial charge on any atom is -0.459 e. The SMILES string of the molecule is CCC(=O)OCc1cn(CCCCC(=O)NCCCC[C@H](N)C(N)=O)nn1. The molecule has 0 bridgehead atoms. The van der Waals surface area contributed by atoms with E-state index < -0.39 is 11.9 Å². The maximum Gasteiger partial charge on any atom is 0.305 e. The van der Waals surface area contributed by atoms with E-state index in [-0.39, 0.29) is 18.5 Å². The Balaban J connectivity index is 2.05. The monoisotopic (exact) mass is 382 g/mol. The predicted molar refractivity (Wildman–Crippen MR) is 98.0 cm³/mol. The lowest BCUT2D eigenvalue weighted by atomic mass is 10.1. The lowest BCUT2D eigenvalue weighted by Gasteiger charge is -2.08. The Morgan fingerprint density at radius 2 is 2.04 bits per heavy atom. The second-order valence-electron chi connectivity index (χ2n) is 6.30. The van der Waals surface area contributed by atoms with E-state index in [0.717, 1.165) is 25.7 Å². The van der Waals surface area contributed by atoms with Gasteiger partial charge >= 0.3 is 5.97 Å². The summed E-state index contributed by atoms with van der Waals surface area (Å²) in [4.78, 5) is 33.6. The lowest BCUT2D eigenvalue weighted by Crippen LogP contribution is -2.36. The Bertz CT molecular complexity index is 604. The van der Waals surface area contributed by atoms with Crippen LogP contribution in [0.1, 0.15) is 57.6 Å². The summed E-state index contributed by atoms with van der Waals surface area (Å²) in [6.45, 7) is 3.06. The molecule has 0 aliphatic rings.